The Morgan fingerprint density at radius 1 is 1.30 bits per heavy atom. The van der Waals surface area contributed by atoms with E-state index in [1.807, 2.05) is 0 Å². The zero-order valence-corrected chi connectivity index (χ0v) is 10.8. The van der Waals surface area contributed by atoms with Gasteiger partial charge in [0.1, 0.15) is 6.04 Å². The van der Waals surface area contributed by atoms with E-state index < -0.39 is 17.9 Å². The van der Waals surface area contributed by atoms with Crippen molar-refractivity contribution in [1.29, 1.82) is 0 Å². The maximum absolute atomic E-state index is 12.1. The molecule has 2 aliphatic rings. The van der Waals surface area contributed by atoms with Crippen LogP contribution in [0.4, 0.5) is 0 Å². The summed E-state index contributed by atoms with van der Waals surface area (Å²) < 4.78 is 10.4. The molecule has 0 saturated heterocycles. The minimum Gasteiger partial charge on any atom is -0.480 e. The van der Waals surface area contributed by atoms with E-state index in [0.717, 1.165) is 12.8 Å². The molecule has 0 radical (unpaired) electrons. The first-order chi connectivity index (χ1) is 9.63. The molecule has 6 heteroatoms. The lowest BCUT2D eigenvalue weighted by Crippen LogP contribution is -2.41. The second kappa shape index (κ2) is 5.03. The van der Waals surface area contributed by atoms with Crippen LogP contribution in [0.3, 0.4) is 0 Å². The van der Waals surface area contributed by atoms with Crippen LogP contribution in [0.15, 0.2) is 18.2 Å². The van der Waals surface area contributed by atoms with Gasteiger partial charge in [-0.3, -0.25) is 4.79 Å². The normalized spacial score (nSPS) is 17.6. The fraction of sp³-hybridized carbons (Fsp3) is 0.429. The van der Waals surface area contributed by atoms with Crippen LogP contribution in [0.5, 0.6) is 11.5 Å². The molecular weight excluding hydrogens is 262 g/mol. The molecule has 0 spiro atoms. The summed E-state index contributed by atoms with van der Waals surface area (Å²) in [5.41, 5.74) is 0.372. The third-order valence-corrected chi connectivity index (χ3v) is 3.50. The molecule has 20 heavy (non-hydrogen) atoms. The molecule has 3 rings (SSSR count). The largest absolute Gasteiger partial charge is 0.480 e. The Labute approximate surface area is 115 Å². The number of hydrogen-bond donors (Lipinski definition) is 2. The molecule has 1 aromatic rings. The molecule has 0 aromatic heterocycles. The Balaban J connectivity index is 1.69. The molecule has 1 amide bonds. The minimum absolute atomic E-state index is 0.139. The number of amides is 1. The van der Waals surface area contributed by atoms with Gasteiger partial charge < -0.3 is 19.9 Å². The lowest BCUT2D eigenvalue weighted by Gasteiger charge is -2.14. The lowest BCUT2D eigenvalue weighted by molar-refractivity contribution is -0.139. The van der Waals surface area contributed by atoms with Gasteiger partial charge in [-0.25, -0.2) is 4.79 Å². The van der Waals surface area contributed by atoms with Crippen molar-refractivity contribution in [2.24, 2.45) is 5.92 Å². The van der Waals surface area contributed by atoms with Gasteiger partial charge in [-0.2, -0.15) is 0 Å². The van der Waals surface area contributed by atoms with Crippen LogP contribution in [0.2, 0.25) is 0 Å². The van der Waals surface area contributed by atoms with Gasteiger partial charge in [0.2, 0.25) is 6.79 Å². The molecule has 1 heterocycles. The molecule has 1 saturated carbocycles. The lowest BCUT2D eigenvalue weighted by atomic mass is 10.1. The number of ether oxygens (including phenoxy) is 2. The second-order valence-corrected chi connectivity index (χ2v) is 5.11. The number of rotatable bonds is 5. The summed E-state index contributed by atoms with van der Waals surface area (Å²) in [6.07, 6.45) is 2.58. The minimum atomic E-state index is -0.994. The number of nitrogens with one attached hydrogen (secondary N) is 1. The summed E-state index contributed by atoms with van der Waals surface area (Å²) in [7, 11) is 0. The third-order valence-electron chi connectivity index (χ3n) is 3.50. The van der Waals surface area contributed by atoms with E-state index in [9.17, 15) is 9.59 Å². The van der Waals surface area contributed by atoms with Gasteiger partial charge in [-0.05, 0) is 30.5 Å². The number of fused-ring (bicyclic) bond motifs is 1. The van der Waals surface area contributed by atoms with Crippen molar-refractivity contribution in [2.45, 2.75) is 25.3 Å². The van der Waals surface area contributed by atoms with E-state index >= 15 is 0 Å². The predicted octanol–water partition coefficient (Wildman–Crippen LogP) is 1.40. The summed E-state index contributed by atoms with van der Waals surface area (Å²) in [6, 6.07) is 3.97. The number of aliphatic carboxylic acids is 1. The Kier molecular flexibility index (Phi) is 3.22. The SMILES string of the molecule is O=C(NC(CC1CC1)C(=O)O)c1ccc2c(c1)OCO2. The van der Waals surface area contributed by atoms with E-state index in [1.165, 1.54) is 0 Å². The summed E-state index contributed by atoms with van der Waals surface area (Å²) in [5.74, 6) is 0.122. The first-order valence-electron chi connectivity index (χ1n) is 6.57. The van der Waals surface area contributed by atoms with Gasteiger partial charge in [0.15, 0.2) is 11.5 Å². The first kappa shape index (κ1) is 12.8. The average molecular weight is 277 g/mol. The van der Waals surface area contributed by atoms with Crippen LogP contribution >= 0.6 is 0 Å². The van der Waals surface area contributed by atoms with Crippen molar-refractivity contribution >= 4 is 11.9 Å². The summed E-state index contributed by atoms with van der Waals surface area (Å²) in [5, 5.41) is 11.7. The van der Waals surface area contributed by atoms with Crippen LogP contribution in [0.25, 0.3) is 0 Å². The highest BCUT2D eigenvalue weighted by atomic mass is 16.7. The van der Waals surface area contributed by atoms with Crippen LogP contribution in [-0.2, 0) is 4.79 Å². The number of carboxylic acids is 1. The highest BCUT2D eigenvalue weighted by Gasteiger charge is 2.30. The van der Waals surface area contributed by atoms with Crippen LogP contribution in [0, 0.1) is 5.92 Å². The zero-order valence-electron chi connectivity index (χ0n) is 10.8. The number of carbonyl (C=O) groups is 2. The van der Waals surface area contributed by atoms with Gasteiger partial charge >= 0.3 is 5.97 Å². The fourth-order valence-corrected chi connectivity index (χ4v) is 2.19. The predicted molar refractivity (Wildman–Crippen MR) is 68.8 cm³/mol. The molecule has 1 aromatic carbocycles. The molecular formula is C14H15NO5. The molecule has 1 aliphatic carbocycles. The van der Waals surface area contributed by atoms with Crippen LogP contribution in [0.1, 0.15) is 29.6 Å². The maximum Gasteiger partial charge on any atom is 0.326 e. The van der Waals surface area contributed by atoms with Crippen molar-refractivity contribution in [2.75, 3.05) is 6.79 Å². The number of benzene rings is 1. The smallest absolute Gasteiger partial charge is 0.326 e. The maximum atomic E-state index is 12.1. The first-order valence-corrected chi connectivity index (χ1v) is 6.57. The van der Waals surface area contributed by atoms with Gasteiger partial charge in [0.25, 0.3) is 5.91 Å². The quantitative estimate of drug-likeness (QED) is 0.849. The Morgan fingerprint density at radius 2 is 2.05 bits per heavy atom. The van der Waals surface area contributed by atoms with Crippen molar-refractivity contribution in [3.05, 3.63) is 23.8 Å². The van der Waals surface area contributed by atoms with E-state index in [0.29, 0.717) is 29.4 Å². The summed E-state index contributed by atoms with van der Waals surface area (Å²) >= 11 is 0. The van der Waals surface area contributed by atoms with Crippen LogP contribution < -0.4 is 14.8 Å². The molecule has 1 unspecified atom stereocenters. The van der Waals surface area contributed by atoms with Crippen molar-refractivity contribution in [3.8, 4) is 11.5 Å². The van der Waals surface area contributed by atoms with Gasteiger partial charge in [0, 0.05) is 5.56 Å². The third kappa shape index (κ3) is 2.68. The highest BCUT2D eigenvalue weighted by Crippen LogP contribution is 2.34. The molecule has 0 bridgehead atoms. The topological polar surface area (TPSA) is 84.9 Å². The van der Waals surface area contributed by atoms with Crippen LogP contribution in [-0.4, -0.2) is 29.8 Å². The van der Waals surface area contributed by atoms with Crippen molar-refractivity contribution in [3.63, 3.8) is 0 Å². The number of carbonyl (C=O) groups excluding carboxylic acids is 1. The molecule has 2 N–H and O–H groups in total. The van der Waals surface area contributed by atoms with Gasteiger partial charge in [0.05, 0.1) is 0 Å². The van der Waals surface area contributed by atoms with Gasteiger partial charge in [-0.1, -0.05) is 12.8 Å². The molecule has 106 valence electrons. The van der Waals surface area contributed by atoms with Crippen molar-refractivity contribution in [1.82, 2.24) is 5.32 Å². The number of hydrogen-bond acceptors (Lipinski definition) is 4. The molecule has 1 fully saturated rings. The zero-order chi connectivity index (χ0) is 14.1. The van der Waals surface area contributed by atoms with Gasteiger partial charge in [-0.15, -0.1) is 0 Å². The highest BCUT2D eigenvalue weighted by molar-refractivity contribution is 5.97. The Morgan fingerprint density at radius 3 is 2.75 bits per heavy atom. The molecule has 1 atom stereocenters. The number of carboxylic acid groups (broad SMARTS) is 1. The monoisotopic (exact) mass is 277 g/mol. The summed E-state index contributed by atoms with van der Waals surface area (Å²) in [4.78, 5) is 23.2. The van der Waals surface area contributed by atoms with Crippen molar-refractivity contribution < 1.29 is 24.2 Å². The van der Waals surface area contributed by atoms with E-state index in [2.05, 4.69) is 5.32 Å². The van der Waals surface area contributed by atoms with E-state index in [-0.39, 0.29) is 6.79 Å². The Hall–Kier alpha value is -2.24. The molecule has 6 nitrogen and oxygen atoms in total. The standard InChI is InChI=1S/C14H15NO5/c16-13(15-10(14(17)18)5-8-1-2-8)9-3-4-11-12(6-9)20-7-19-11/h3-4,6,8,10H,1-2,5,7H2,(H,15,16)(H,17,18). The second-order valence-electron chi connectivity index (χ2n) is 5.11. The average Bonchev–Trinajstić information content (AvgIpc) is 3.12. The van der Waals surface area contributed by atoms with E-state index in [4.69, 9.17) is 14.6 Å². The fourth-order valence-electron chi connectivity index (χ4n) is 2.19. The summed E-state index contributed by atoms with van der Waals surface area (Å²) in [6.45, 7) is 0.139. The van der Waals surface area contributed by atoms with E-state index in [1.54, 1.807) is 18.2 Å². The molecule has 1 aliphatic heterocycles. The Bertz CT molecular complexity index is 552.